The van der Waals surface area contributed by atoms with Gasteiger partial charge in [-0.3, -0.25) is 0 Å². The average Bonchev–Trinajstić information content (AvgIpc) is 2.68. The zero-order valence-electron chi connectivity index (χ0n) is 7.75. The minimum Gasteiger partial charge on any atom is -0.422 e. The molecule has 2 aromatic rings. The quantitative estimate of drug-likeness (QED) is 0.772. The van der Waals surface area contributed by atoms with E-state index in [0.29, 0.717) is 10.9 Å². The summed E-state index contributed by atoms with van der Waals surface area (Å²) in [4.78, 5) is 11.5. The molecule has 0 unspecified atom stereocenters. The van der Waals surface area contributed by atoms with Gasteiger partial charge in [-0.1, -0.05) is 6.07 Å². The van der Waals surface area contributed by atoms with Crippen molar-refractivity contribution in [2.75, 3.05) is 0 Å². The average molecular weight is 246 g/mol. The van der Waals surface area contributed by atoms with E-state index in [9.17, 15) is 18.0 Å². The van der Waals surface area contributed by atoms with Crippen molar-refractivity contribution in [2.24, 2.45) is 0 Å². The van der Waals surface area contributed by atoms with Crippen LogP contribution >= 0.6 is 11.3 Å². The van der Waals surface area contributed by atoms with Crippen molar-refractivity contribution < 1.29 is 17.6 Å². The summed E-state index contributed by atoms with van der Waals surface area (Å²) in [6.45, 7) is 0. The third-order valence-electron chi connectivity index (χ3n) is 1.86. The second kappa shape index (κ2) is 3.79. The van der Waals surface area contributed by atoms with Crippen LogP contribution in [-0.4, -0.2) is 0 Å². The van der Waals surface area contributed by atoms with E-state index in [1.54, 1.807) is 17.5 Å². The van der Waals surface area contributed by atoms with Crippen LogP contribution in [0.15, 0.2) is 38.9 Å². The van der Waals surface area contributed by atoms with Crippen molar-refractivity contribution in [3.63, 3.8) is 0 Å². The lowest BCUT2D eigenvalue weighted by atomic mass is 10.2. The summed E-state index contributed by atoms with van der Waals surface area (Å²) in [5.41, 5.74) is -2.00. The van der Waals surface area contributed by atoms with Gasteiger partial charge in [0.1, 0.15) is 5.76 Å². The number of hydrogen-bond acceptors (Lipinski definition) is 3. The molecule has 84 valence electrons. The van der Waals surface area contributed by atoms with Crippen molar-refractivity contribution in [1.29, 1.82) is 0 Å². The van der Waals surface area contributed by atoms with Gasteiger partial charge in [0.25, 0.3) is 0 Å². The Kier molecular flexibility index (Phi) is 2.59. The molecule has 0 saturated carbocycles. The minimum absolute atomic E-state index is 0.0603. The zero-order valence-corrected chi connectivity index (χ0v) is 8.56. The van der Waals surface area contributed by atoms with Crippen LogP contribution in [0.1, 0.15) is 5.56 Å². The van der Waals surface area contributed by atoms with Gasteiger partial charge in [-0.2, -0.15) is 13.2 Å². The van der Waals surface area contributed by atoms with E-state index in [2.05, 4.69) is 0 Å². The first-order valence-corrected chi connectivity index (χ1v) is 5.11. The molecule has 2 rings (SSSR count). The number of hydrogen-bond donors (Lipinski definition) is 0. The maximum absolute atomic E-state index is 12.4. The fraction of sp³-hybridized carbons (Fsp3) is 0.100. The Bertz CT molecular complexity index is 540. The summed E-state index contributed by atoms with van der Waals surface area (Å²) < 4.78 is 41.9. The molecule has 6 heteroatoms. The molecule has 2 heterocycles. The zero-order chi connectivity index (χ0) is 11.8. The van der Waals surface area contributed by atoms with Gasteiger partial charge in [-0.05, 0) is 17.5 Å². The molecular formula is C10H5F3O2S. The van der Waals surface area contributed by atoms with Crippen molar-refractivity contribution in [2.45, 2.75) is 6.18 Å². The van der Waals surface area contributed by atoms with Crippen LogP contribution in [0.25, 0.3) is 10.6 Å². The van der Waals surface area contributed by atoms with Gasteiger partial charge >= 0.3 is 11.8 Å². The highest BCUT2D eigenvalue weighted by Gasteiger charge is 2.32. The lowest BCUT2D eigenvalue weighted by Gasteiger charge is -2.06. The largest absolute Gasteiger partial charge is 0.422 e. The maximum atomic E-state index is 12.4. The molecule has 2 nitrogen and oxygen atoms in total. The van der Waals surface area contributed by atoms with Gasteiger partial charge < -0.3 is 4.42 Å². The minimum atomic E-state index is -4.54. The molecule has 0 bridgehead atoms. The highest BCUT2D eigenvalue weighted by atomic mass is 32.1. The van der Waals surface area contributed by atoms with E-state index in [4.69, 9.17) is 4.42 Å². The molecule has 0 aliphatic rings. The van der Waals surface area contributed by atoms with Gasteiger partial charge in [0, 0.05) is 6.07 Å². The molecule has 0 aromatic carbocycles. The molecule has 0 aliphatic carbocycles. The highest BCUT2D eigenvalue weighted by Crippen LogP contribution is 2.32. The van der Waals surface area contributed by atoms with E-state index in [0.717, 1.165) is 6.07 Å². The molecule has 0 spiro atoms. The molecule has 0 saturated heterocycles. The van der Waals surface area contributed by atoms with Gasteiger partial charge in [-0.15, -0.1) is 11.3 Å². The lowest BCUT2D eigenvalue weighted by Crippen LogP contribution is -2.10. The molecule has 0 fully saturated rings. The SMILES string of the molecule is O=c1cc(C(F)(F)F)cc(-c2cccs2)o1. The molecule has 0 aliphatic heterocycles. The fourth-order valence-electron chi connectivity index (χ4n) is 1.18. The van der Waals surface area contributed by atoms with Crippen molar-refractivity contribution in [1.82, 2.24) is 0 Å². The second-order valence-corrected chi connectivity index (χ2v) is 3.95. The van der Waals surface area contributed by atoms with Gasteiger partial charge in [0.2, 0.25) is 0 Å². The maximum Gasteiger partial charge on any atom is 0.416 e. The van der Waals surface area contributed by atoms with Crippen LogP contribution in [-0.2, 0) is 6.18 Å². The first-order chi connectivity index (χ1) is 7.47. The van der Waals surface area contributed by atoms with Gasteiger partial charge in [-0.25, -0.2) is 4.79 Å². The third kappa shape index (κ3) is 2.16. The molecule has 0 atom stereocenters. The molecular weight excluding hydrogens is 241 g/mol. The van der Waals surface area contributed by atoms with Gasteiger partial charge in [0.05, 0.1) is 10.4 Å². The number of thiophene rings is 1. The van der Waals surface area contributed by atoms with Crippen molar-refractivity contribution >= 4 is 11.3 Å². The van der Waals surface area contributed by atoms with E-state index in [-0.39, 0.29) is 5.76 Å². The Morgan fingerprint density at radius 2 is 2.00 bits per heavy atom. The van der Waals surface area contributed by atoms with E-state index >= 15 is 0 Å². The van der Waals surface area contributed by atoms with Crippen LogP contribution in [0.4, 0.5) is 13.2 Å². The molecule has 16 heavy (non-hydrogen) atoms. The topological polar surface area (TPSA) is 30.2 Å². The molecule has 2 aromatic heterocycles. The summed E-state index contributed by atoms with van der Waals surface area (Å²) in [5.74, 6) is -0.0603. The standard InChI is InChI=1S/C10H5F3O2S/c11-10(12,13)6-4-7(15-9(14)5-6)8-2-1-3-16-8/h1-5H. The van der Waals surface area contributed by atoms with Gasteiger partial charge in [0.15, 0.2) is 0 Å². The summed E-state index contributed by atoms with van der Waals surface area (Å²) in [5, 5.41) is 1.69. The Morgan fingerprint density at radius 1 is 1.25 bits per heavy atom. The monoisotopic (exact) mass is 246 g/mol. The van der Waals surface area contributed by atoms with E-state index in [1.807, 2.05) is 0 Å². The van der Waals surface area contributed by atoms with Crippen LogP contribution in [0.5, 0.6) is 0 Å². The Labute approximate surface area is 92.0 Å². The Morgan fingerprint density at radius 3 is 2.56 bits per heavy atom. The summed E-state index contributed by atoms with van der Waals surface area (Å²) in [6.07, 6.45) is -4.54. The van der Waals surface area contributed by atoms with E-state index in [1.165, 1.54) is 11.3 Å². The second-order valence-electron chi connectivity index (χ2n) is 3.00. The normalized spacial score (nSPS) is 11.7. The first-order valence-electron chi connectivity index (χ1n) is 4.23. The first kappa shape index (κ1) is 10.9. The van der Waals surface area contributed by atoms with Crippen LogP contribution < -0.4 is 5.63 Å². The predicted molar refractivity (Wildman–Crippen MR) is 53.3 cm³/mol. The Balaban J connectivity index is 2.57. The van der Waals surface area contributed by atoms with Crippen molar-refractivity contribution in [3.05, 3.63) is 45.6 Å². The van der Waals surface area contributed by atoms with E-state index < -0.39 is 17.4 Å². The van der Waals surface area contributed by atoms with Crippen molar-refractivity contribution in [3.8, 4) is 10.6 Å². The molecule has 0 amide bonds. The lowest BCUT2D eigenvalue weighted by molar-refractivity contribution is -0.137. The molecule has 0 radical (unpaired) electrons. The summed E-state index contributed by atoms with van der Waals surface area (Å²) >= 11 is 1.20. The van der Waals surface area contributed by atoms with Crippen LogP contribution in [0, 0.1) is 0 Å². The summed E-state index contributed by atoms with van der Waals surface area (Å²) in [6, 6.07) is 4.52. The van der Waals surface area contributed by atoms with Crippen LogP contribution in [0.3, 0.4) is 0 Å². The number of alkyl halides is 3. The van der Waals surface area contributed by atoms with Crippen LogP contribution in [0.2, 0.25) is 0 Å². The number of rotatable bonds is 1. The number of halogens is 3. The predicted octanol–water partition coefficient (Wildman–Crippen LogP) is 3.39. The third-order valence-corrected chi connectivity index (χ3v) is 2.75. The summed E-state index contributed by atoms with van der Waals surface area (Å²) in [7, 11) is 0. The fourth-order valence-corrected chi connectivity index (χ4v) is 1.86. The smallest absolute Gasteiger partial charge is 0.416 e. The highest BCUT2D eigenvalue weighted by molar-refractivity contribution is 7.13. The Hall–Kier alpha value is -1.56. The molecule has 0 N–H and O–H groups in total.